The molecule has 1 rings (SSSR count). The number of aromatic nitrogens is 1. The van der Waals surface area contributed by atoms with Crippen LogP contribution in [0.1, 0.15) is 5.69 Å². The van der Waals surface area contributed by atoms with Crippen LogP contribution in [0.3, 0.4) is 0 Å². The molecule has 0 radical (unpaired) electrons. The minimum Gasteiger partial charge on any atom is -0.300 e. The molecule has 1 aromatic rings. The molecule has 0 bridgehead atoms. The summed E-state index contributed by atoms with van der Waals surface area (Å²) in [6.07, 6.45) is 3.74. The smallest absolute Gasteiger partial charge is 0.300 e. The molecule has 0 aliphatic heterocycles. The van der Waals surface area contributed by atoms with E-state index in [0.29, 0.717) is 12.4 Å². The van der Waals surface area contributed by atoms with Gasteiger partial charge in [-0.3, -0.25) is 9.36 Å². The van der Waals surface area contributed by atoms with Crippen molar-refractivity contribution in [2.45, 2.75) is 13.5 Å². The summed E-state index contributed by atoms with van der Waals surface area (Å²) in [4.78, 5) is 11.2. The maximum absolute atomic E-state index is 11.1. The van der Waals surface area contributed by atoms with Crippen LogP contribution in [0.5, 0.6) is 0 Å². The van der Waals surface area contributed by atoms with E-state index >= 15 is 0 Å². The predicted molar refractivity (Wildman–Crippen MR) is 53.2 cm³/mol. The number of rotatable bonds is 3. The Labute approximate surface area is 80.1 Å². The molecule has 0 unspecified atom stereocenters. The summed E-state index contributed by atoms with van der Waals surface area (Å²) in [7, 11) is 0. The Bertz CT molecular complexity index is 326. The molecule has 66 valence electrons. The molecule has 0 spiro atoms. The summed E-state index contributed by atoms with van der Waals surface area (Å²) in [6, 6.07) is 0. The van der Waals surface area contributed by atoms with Crippen molar-refractivity contribution in [1.82, 2.24) is 4.57 Å². The average Bonchev–Trinajstić information content (AvgIpc) is 2.35. The molecule has 0 saturated carbocycles. The normalized spacial score (nSPS) is 11.2. The summed E-state index contributed by atoms with van der Waals surface area (Å²) in [5.74, 6) is 0.498. The molecule has 0 aliphatic carbocycles. The highest BCUT2D eigenvalue weighted by molar-refractivity contribution is 7.07. The maximum atomic E-state index is 11.1. The van der Waals surface area contributed by atoms with Crippen molar-refractivity contribution in [1.29, 1.82) is 0 Å². The highest BCUT2D eigenvalue weighted by atomic mass is 35.5. The van der Waals surface area contributed by atoms with Crippen LogP contribution in [0.4, 0.5) is 0 Å². The molecular formula is C8H10ClNOS. The van der Waals surface area contributed by atoms with Crippen LogP contribution < -0.4 is 4.87 Å². The number of nitrogens with zero attached hydrogens (tertiary/aromatic N) is 1. The quantitative estimate of drug-likeness (QED) is 0.544. The van der Waals surface area contributed by atoms with Gasteiger partial charge in [-0.2, -0.15) is 0 Å². The third-order valence-corrected chi connectivity index (χ3v) is 2.58. The van der Waals surface area contributed by atoms with Gasteiger partial charge < -0.3 is 0 Å². The highest BCUT2D eigenvalue weighted by Crippen LogP contribution is 1.99. The van der Waals surface area contributed by atoms with E-state index in [1.54, 1.807) is 4.57 Å². The van der Waals surface area contributed by atoms with E-state index in [2.05, 4.69) is 0 Å². The molecule has 0 N–H and O–H groups in total. The topological polar surface area (TPSA) is 22.0 Å². The first-order chi connectivity index (χ1) is 5.75. The fraction of sp³-hybridized carbons (Fsp3) is 0.375. The van der Waals surface area contributed by atoms with Crippen LogP contribution in [-0.2, 0) is 6.54 Å². The number of allylic oxidation sites excluding steroid dienone is 2. The fourth-order valence-electron chi connectivity index (χ4n) is 0.868. The molecule has 1 heterocycles. The second-order valence-electron chi connectivity index (χ2n) is 2.38. The monoisotopic (exact) mass is 203 g/mol. The SMILES string of the molecule is Cc1csc(=O)n1CC=CCCl. The standard InChI is InChI=1S/C8H10ClNOS/c1-7-6-12-8(11)10(7)5-3-2-4-9/h2-3,6H,4-5H2,1H3. The van der Waals surface area contributed by atoms with Crippen molar-refractivity contribution in [3.63, 3.8) is 0 Å². The van der Waals surface area contributed by atoms with Crippen LogP contribution in [0, 0.1) is 6.92 Å². The predicted octanol–water partition coefficient (Wildman–Crippen LogP) is 2.01. The maximum Gasteiger partial charge on any atom is 0.307 e. The lowest BCUT2D eigenvalue weighted by atomic mass is 10.5. The van der Waals surface area contributed by atoms with E-state index in [9.17, 15) is 4.79 Å². The average molecular weight is 204 g/mol. The molecule has 2 nitrogen and oxygen atoms in total. The summed E-state index contributed by atoms with van der Waals surface area (Å²) >= 11 is 6.68. The first-order valence-electron chi connectivity index (χ1n) is 3.61. The Balaban J connectivity index is 2.74. The second kappa shape index (κ2) is 4.48. The number of halogens is 1. The van der Waals surface area contributed by atoms with Crippen molar-refractivity contribution in [3.05, 3.63) is 32.9 Å². The summed E-state index contributed by atoms with van der Waals surface area (Å²) in [5.41, 5.74) is 1.00. The Morgan fingerprint density at radius 2 is 2.42 bits per heavy atom. The van der Waals surface area contributed by atoms with Gasteiger partial charge in [0.05, 0.1) is 0 Å². The van der Waals surface area contributed by atoms with Gasteiger partial charge >= 0.3 is 4.87 Å². The van der Waals surface area contributed by atoms with Gasteiger partial charge in [0.2, 0.25) is 0 Å². The minimum absolute atomic E-state index is 0.0896. The van der Waals surface area contributed by atoms with Crippen LogP contribution in [0.15, 0.2) is 22.3 Å². The Morgan fingerprint density at radius 1 is 1.67 bits per heavy atom. The van der Waals surface area contributed by atoms with Gasteiger partial charge in [-0.05, 0) is 6.92 Å². The van der Waals surface area contributed by atoms with Gasteiger partial charge in [0, 0.05) is 23.5 Å². The first-order valence-corrected chi connectivity index (χ1v) is 5.03. The lowest BCUT2D eigenvalue weighted by Gasteiger charge is -1.97. The van der Waals surface area contributed by atoms with Crippen LogP contribution in [-0.4, -0.2) is 10.4 Å². The zero-order valence-corrected chi connectivity index (χ0v) is 8.36. The summed E-state index contributed by atoms with van der Waals surface area (Å²) in [5, 5.41) is 1.86. The molecule has 0 fully saturated rings. The molecule has 0 saturated heterocycles. The van der Waals surface area contributed by atoms with E-state index in [1.807, 2.05) is 24.5 Å². The Hall–Kier alpha value is -0.540. The van der Waals surface area contributed by atoms with Crippen LogP contribution in [0.25, 0.3) is 0 Å². The molecule has 0 aliphatic rings. The Morgan fingerprint density at radius 3 is 2.92 bits per heavy atom. The van der Waals surface area contributed by atoms with Gasteiger partial charge in [0.1, 0.15) is 0 Å². The highest BCUT2D eigenvalue weighted by Gasteiger charge is 1.98. The van der Waals surface area contributed by atoms with Gasteiger partial charge in [0.15, 0.2) is 0 Å². The van der Waals surface area contributed by atoms with E-state index < -0.39 is 0 Å². The van der Waals surface area contributed by atoms with E-state index in [4.69, 9.17) is 11.6 Å². The van der Waals surface area contributed by atoms with Gasteiger partial charge in [-0.1, -0.05) is 23.5 Å². The van der Waals surface area contributed by atoms with Crippen LogP contribution >= 0.6 is 22.9 Å². The van der Waals surface area contributed by atoms with Gasteiger partial charge in [-0.25, -0.2) is 0 Å². The van der Waals surface area contributed by atoms with Crippen molar-refractivity contribution in [3.8, 4) is 0 Å². The molecule has 0 atom stereocenters. The number of alkyl halides is 1. The molecule has 0 aromatic carbocycles. The second-order valence-corrected chi connectivity index (χ2v) is 3.51. The van der Waals surface area contributed by atoms with Crippen molar-refractivity contribution >= 4 is 22.9 Å². The van der Waals surface area contributed by atoms with E-state index in [0.717, 1.165) is 5.69 Å². The minimum atomic E-state index is 0.0896. The number of aryl methyl sites for hydroxylation is 1. The first kappa shape index (κ1) is 9.55. The van der Waals surface area contributed by atoms with Crippen molar-refractivity contribution < 1.29 is 0 Å². The summed E-state index contributed by atoms with van der Waals surface area (Å²) in [6.45, 7) is 2.55. The van der Waals surface area contributed by atoms with Gasteiger partial charge in [0.25, 0.3) is 0 Å². The van der Waals surface area contributed by atoms with Crippen molar-refractivity contribution in [2.24, 2.45) is 0 Å². The number of hydrogen-bond acceptors (Lipinski definition) is 2. The molecule has 4 heteroatoms. The van der Waals surface area contributed by atoms with E-state index in [1.165, 1.54) is 11.3 Å². The molecule has 1 aromatic heterocycles. The Kier molecular flexibility index (Phi) is 3.56. The number of thiazole rings is 1. The zero-order valence-electron chi connectivity index (χ0n) is 6.79. The fourth-order valence-corrected chi connectivity index (χ4v) is 1.74. The molecular weight excluding hydrogens is 194 g/mol. The lowest BCUT2D eigenvalue weighted by Crippen LogP contribution is -2.13. The molecule has 12 heavy (non-hydrogen) atoms. The van der Waals surface area contributed by atoms with Crippen molar-refractivity contribution in [2.75, 3.05) is 5.88 Å². The van der Waals surface area contributed by atoms with Gasteiger partial charge in [-0.15, -0.1) is 11.6 Å². The number of hydrogen-bond donors (Lipinski definition) is 0. The molecule has 0 amide bonds. The lowest BCUT2D eigenvalue weighted by molar-refractivity contribution is 0.773. The zero-order chi connectivity index (χ0) is 8.97. The van der Waals surface area contributed by atoms with E-state index in [-0.39, 0.29) is 4.87 Å². The third-order valence-electron chi connectivity index (χ3n) is 1.52. The summed E-state index contributed by atoms with van der Waals surface area (Å²) < 4.78 is 1.72. The largest absolute Gasteiger partial charge is 0.307 e. The third kappa shape index (κ3) is 2.22. The van der Waals surface area contributed by atoms with Crippen LogP contribution in [0.2, 0.25) is 0 Å².